The zero-order valence-corrected chi connectivity index (χ0v) is 10.5. The SMILES string of the molecule is Cc1cccc(C)c1N=Cc1c(F)cc(F)cc1F. The Balaban J connectivity index is 2.44. The standard InChI is InChI=1S/C15H12F3N/c1-9-4-3-5-10(2)15(9)19-8-12-13(17)6-11(16)7-14(12)18/h3-8H,1-2H3. The molecule has 0 aliphatic rings. The van der Waals surface area contributed by atoms with Crippen LogP contribution in [0.3, 0.4) is 0 Å². The normalized spacial score (nSPS) is 11.2. The Kier molecular flexibility index (Phi) is 3.69. The molecule has 98 valence electrons. The number of aryl methyl sites for hydroxylation is 2. The highest BCUT2D eigenvalue weighted by Crippen LogP contribution is 2.23. The van der Waals surface area contributed by atoms with E-state index in [1.54, 1.807) is 0 Å². The van der Waals surface area contributed by atoms with Crippen LogP contribution < -0.4 is 0 Å². The molecular weight excluding hydrogens is 251 g/mol. The van der Waals surface area contributed by atoms with E-state index >= 15 is 0 Å². The van der Waals surface area contributed by atoms with Gasteiger partial charge in [0.25, 0.3) is 0 Å². The second-order valence-electron chi connectivity index (χ2n) is 4.28. The number of para-hydroxylation sites is 1. The highest BCUT2D eigenvalue weighted by Gasteiger charge is 2.09. The van der Waals surface area contributed by atoms with Crippen LogP contribution in [0.4, 0.5) is 18.9 Å². The Hall–Kier alpha value is -2.10. The van der Waals surface area contributed by atoms with Crippen molar-refractivity contribution in [1.29, 1.82) is 0 Å². The fourth-order valence-electron chi connectivity index (χ4n) is 1.82. The van der Waals surface area contributed by atoms with Crippen molar-refractivity contribution in [3.05, 3.63) is 64.5 Å². The second kappa shape index (κ2) is 5.26. The number of hydrogen-bond acceptors (Lipinski definition) is 1. The van der Waals surface area contributed by atoms with Crippen LogP contribution in [-0.2, 0) is 0 Å². The van der Waals surface area contributed by atoms with Crippen LogP contribution in [0, 0.1) is 31.3 Å². The van der Waals surface area contributed by atoms with Gasteiger partial charge < -0.3 is 0 Å². The smallest absolute Gasteiger partial charge is 0.137 e. The van der Waals surface area contributed by atoms with Gasteiger partial charge in [-0.25, -0.2) is 13.2 Å². The van der Waals surface area contributed by atoms with E-state index in [-0.39, 0.29) is 5.56 Å². The first-order valence-corrected chi connectivity index (χ1v) is 5.74. The maximum atomic E-state index is 13.4. The Labute approximate surface area is 109 Å². The van der Waals surface area contributed by atoms with E-state index < -0.39 is 17.5 Å². The molecule has 0 saturated carbocycles. The van der Waals surface area contributed by atoms with Gasteiger partial charge in [0.15, 0.2) is 0 Å². The molecule has 0 amide bonds. The van der Waals surface area contributed by atoms with Crippen molar-refractivity contribution < 1.29 is 13.2 Å². The van der Waals surface area contributed by atoms with Crippen molar-refractivity contribution in [3.8, 4) is 0 Å². The minimum Gasteiger partial charge on any atom is -0.255 e. The fraction of sp³-hybridized carbons (Fsp3) is 0.133. The lowest BCUT2D eigenvalue weighted by atomic mass is 10.1. The van der Waals surface area contributed by atoms with Crippen LogP contribution in [0.2, 0.25) is 0 Å². The predicted octanol–water partition coefficient (Wildman–Crippen LogP) is 4.47. The van der Waals surface area contributed by atoms with Gasteiger partial charge in [0.1, 0.15) is 17.5 Å². The molecule has 4 heteroatoms. The van der Waals surface area contributed by atoms with Crippen molar-refractivity contribution in [1.82, 2.24) is 0 Å². The van der Waals surface area contributed by atoms with Gasteiger partial charge in [-0.15, -0.1) is 0 Å². The maximum absolute atomic E-state index is 13.4. The van der Waals surface area contributed by atoms with Crippen LogP contribution in [0.5, 0.6) is 0 Å². The lowest BCUT2D eigenvalue weighted by Crippen LogP contribution is -1.96. The monoisotopic (exact) mass is 263 g/mol. The molecule has 2 aromatic carbocycles. The minimum atomic E-state index is -0.965. The zero-order valence-electron chi connectivity index (χ0n) is 10.5. The molecule has 0 aliphatic carbocycles. The summed E-state index contributed by atoms with van der Waals surface area (Å²) in [5.74, 6) is -2.88. The summed E-state index contributed by atoms with van der Waals surface area (Å²) in [5, 5.41) is 0. The zero-order chi connectivity index (χ0) is 14.0. The lowest BCUT2D eigenvalue weighted by molar-refractivity contribution is 0.541. The van der Waals surface area contributed by atoms with Crippen LogP contribution >= 0.6 is 0 Å². The van der Waals surface area contributed by atoms with Gasteiger partial charge in [-0.3, -0.25) is 4.99 Å². The molecule has 1 nitrogen and oxygen atoms in total. The first-order chi connectivity index (χ1) is 8.99. The quantitative estimate of drug-likeness (QED) is 0.709. The molecule has 0 unspecified atom stereocenters. The number of halogens is 3. The highest BCUT2D eigenvalue weighted by molar-refractivity contribution is 5.83. The number of hydrogen-bond donors (Lipinski definition) is 0. The number of aliphatic imine (C=N–C) groups is 1. The largest absolute Gasteiger partial charge is 0.255 e. The Morgan fingerprint density at radius 3 is 2.00 bits per heavy atom. The molecule has 0 fully saturated rings. The highest BCUT2D eigenvalue weighted by atomic mass is 19.1. The van der Waals surface area contributed by atoms with Crippen molar-refractivity contribution in [2.24, 2.45) is 4.99 Å². The Morgan fingerprint density at radius 2 is 1.47 bits per heavy atom. The first kappa shape index (κ1) is 13.3. The van der Waals surface area contributed by atoms with Crippen molar-refractivity contribution in [2.75, 3.05) is 0 Å². The molecule has 0 saturated heterocycles. The summed E-state index contributed by atoms with van der Waals surface area (Å²) in [7, 11) is 0. The fourth-order valence-corrected chi connectivity index (χ4v) is 1.82. The third kappa shape index (κ3) is 2.84. The Bertz CT molecular complexity index is 605. The average molecular weight is 263 g/mol. The van der Waals surface area contributed by atoms with Crippen molar-refractivity contribution in [3.63, 3.8) is 0 Å². The predicted molar refractivity (Wildman–Crippen MR) is 69.5 cm³/mol. The molecule has 0 aliphatic heterocycles. The van der Waals surface area contributed by atoms with Gasteiger partial charge in [-0.2, -0.15) is 0 Å². The molecule has 19 heavy (non-hydrogen) atoms. The van der Waals surface area contributed by atoms with Crippen LogP contribution in [0.1, 0.15) is 16.7 Å². The van der Waals surface area contributed by atoms with Gasteiger partial charge in [0.2, 0.25) is 0 Å². The summed E-state index contributed by atoms with van der Waals surface area (Å²) in [5.41, 5.74) is 2.12. The van der Waals surface area contributed by atoms with Crippen molar-refractivity contribution >= 4 is 11.9 Å². The van der Waals surface area contributed by atoms with Gasteiger partial charge in [0, 0.05) is 18.3 Å². The van der Waals surface area contributed by atoms with E-state index in [1.165, 1.54) is 0 Å². The van der Waals surface area contributed by atoms with Crippen molar-refractivity contribution in [2.45, 2.75) is 13.8 Å². The molecule has 0 heterocycles. The van der Waals surface area contributed by atoms with E-state index in [4.69, 9.17) is 0 Å². The molecule has 0 N–H and O–H groups in total. The molecule has 0 aromatic heterocycles. The van der Waals surface area contributed by atoms with E-state index in [9.17, 15) is 13.2 Å². The number of benzene rings is 2. The van der Waals surface area contributed by atoms with Gasteiger partial charge in [-0.1, -0.05) is 18.2 Å². The van der Waals surface area contributed by atoms with Gasteiger partial charge >= 0.3 is 0 Å². The first-order valence-electron chi connectivity index (χ1n) is 5.74. The summed E-state index contributed by atoms with van der Waals surface area (Å²) < 4.78 is 39.7. The molecular formula is C15H12F3N. The molecule has 2 rings (SSSR count). The summed E-state index contributed by atoms with van der Waals surface area (Å²) in [4.78, 5) is 4.10. The van der Waals surface area contributed by atoms with E-state index in [1.807, 2.05) is 32.0 Å². The summed E-state index contributed by atoms with van der Waals surface area (Å²) in [6.45, 7) is 3.72. The number of nitrogens with zero attached hydrogens (tertiary/aromatic N) is 1. The Morgan fingerprint density at radius 1 is 0.947 bits per heavy atom. The van der Waals surface area contributed by atoms with Gasteiger partial charge in [0.05, 0.1) is 11.3 Å². The average Bonchev–Trinajstić information content (AvgIpc) is 2.31. The molecule has 2 aromatic rings. The van der Waals surface area contributed by atoms with Crippen LogP contribution in [0.25, 0.3) is 0 Å². The lowest BCUT2D eigenvalue weighted by Gasteiger charge is -2.04. The third-order valence-corrected chi connectivity index (χ3v) is 2.81. The van der Waals surface area contributed by atoms with E-state index in [0.717, 1.165) is 17.3 Å². The molecule has 0 bridgehead atoms. The summed E-state index contributed by atoms with van der Waals surface area (Å²) in [6.07, 6.45) is 1.08. The third-order valence-electron chi connectivity index (χ3n) is 2.81. The maximum Gasteiger partial charge on any atom is 0.137 e. The van der Waals surface area contributed by atoms with Gasteiger partial charge in [-0.05, 0) is 25.0 Å². The topological polar surface area (TPSA) is 12.4 Å². The summed E-state index contributed by atoms with van der Waals surface area (Å²) in [6, 6.07) is 6.86. The van der Waals surface area contributed by atoms with Crippen LogP contribution in [0.15, 0.2) is 35.3 Å². The molecule has 0 spiro atoms. The molecule has 0 radical (unpaired) electrons. The molecule has 0 atom stereocenters. The number of rotatable bonds is 2. The summed E-state index contributed by atoms with van der Waals surface area (Å²) >= 11 is 0. The van der Waals surface area contributed by atoms with E-state index in [0.29, 0.717) is 17.8 Å². The second-order valence-corrected chi connectivity index (χ2v) is 4.28. The van der Waals surface area contributed by atoms with Crippen LogP contribution in [-0.4, -0.2) is 6.21 Å². The van der Waals surface area contributed by atoms with E-state index in [2.05, 4.69) is 4.99 Å². The minimum absolute atomic E-state index is 0.343.